The van der Waals surface area contributed by atoms with Crippen molar-refractivity contribution >= 4 is 18.2 Å². The van der Waals surface area contributed by atoms with Gasteiger partial charge < -0.3 is 15.0 Å². The van der Waals surface area contributed by atoms with Gasteiger partial charge >= 0.3 is 6.03 Å². The van der Waals surface area contributed by atoms with Crippen LogP contribution in [0, 0.1) is 36.8 Å². The minimum Gasteiger partial charge on any atom is -0.483 e. The number of rotatable bonds is 6. The molecule has 1 atom stereocenters. The summed E-state index contributed by atoms with van der Waals surface area (Å²) in [5, 5.41) is 22.0. The van der Waals surface area contributed by atoms with Gasteiger partial charge in [0.2, 0.25) is 0 Å². The van der Waals surface area contributed by atoms with Crippen LogP contribution in [0.15, 0.2) is 35.6 Å². The van der Waals surface area contributed by atoms with Gasteiger partial charge in [0.25, 0.3) is 5.91 Å². The lowest BCUT2D eigenvalue weighted by atomic mass is 10.0. The Morgan fingerprint density at radius 1 is 1.15 bits per heavy atom. The summed E-state index contributed by atoms with van der Waals surface area (Å²) in [5.41, 5.74) is 2.21. The molecule has 2 aromatic heterocycles. The Bertz CT molecular complexity index is 1620. The number of carbonyl (C=O) groups excluding carboxylic acids is 2. The molecular formula is C28H26F2N8O3. The third kappa shape index (κ3) is 5.08. The van der Waals surface area contributed by atoms with Gasteiger partial charge in [-0.3, -0.25) is 4.79 Å². The highest BCUT2D eigenvalue weighted by atomic mass is 19.1. The first-order valence-electron chi connectivity index (χ1n) is 13.2. The summed E-state index contributed by atoms with van der Waals surface area (Å²) in [7, 11) is 0. The summed E-state index contributed by atoms with van der Waals surface area (Å²) in [6.07, 6.45) is 4.43. The second-order valence-electron chi connectivity index (χ2n) is 10.4. The van der Waals surface area contributed by atoms with Crippen LogP contribution in [0.2, 0.25) is 0 Å². The van der Waals surface area contributed by atoms with E-state index in [9.17, 15) is 18.4 Å². The number of nitrogens with zero attached hydrogens (tertiary/aromatic N) is 7. The molecule has 41 heavy (non-hydrogen) atoms. The third-order valence-electron chi connectivity index (χ3n) is 7.33. The van der Waals surface area contributed by atoms with Gasteiger partial charge in [-0.2, -0.15) is 15.5 Å². The highest BCUT2D eigenvalue weighted by Gasteiger charge is 2.39. The molecule has 0 spiro atoms. The summed E-state index contributed by atoms with van der Waals surface area (Å²) < 4.78 is 36.0. The summed E-state index contributed by atoms with van der Waals surface area (Å²) >= 11 is 0. The van der Waals surface area contributed by atoms with Crippen molar-refractivity contribution < 1.29 is 23.1 Å². The molecule has 0 radical (unpaired) electrons. The monoisotopic (exact) mass is 560 g/mol. The lowest BCUT2D eigenvalue weighted by molar-refractivity contribution is 0.0256. The van der Waals surface area contributed by atoms with E-state index in [0.29, 0.717) is 34.8 Å². The van der Waals surface area contributed by atoms with Crippen molar-refractivity contribution in [2.45, 2.75) is 51.3 Å². The Labute approximate surface area is 234 Å². The lowest BCUT2D eigenvalue weighted by Crippen LogP contribution is -2.58. The molecule has 11 nitrogen and oxygen atoms in total. The summed E-state index contributed by atoms with van der Waals surface area (Å²) in [4.78, 5) is 31.5. The molecule has 4 heterocycles. The molecule has 1 saturated heterocycles. The van der Waals surface area contributed by atoms with Crippen LogP contribution in [0.4, 0.5) is 13.6 Å². The van der Waals surface area contributed by atoms with Crippen LogP contribution < -0.4 is 10.1 Å². The number of benzene rings is 1. The quantitative estimate of drug-likeness (QED) is 0.491. The minimum atomic E-state index is -0.671. The number of nitriles is 1. The number of hydrogen-bond donors (Lipinski definition) is 1. The van der Waals surface area contributed by atoms with Crippen molar-refractivity contribution in [3.05, 3.63) is 70.2 Å². The summed E-state index contributed by atoms with van der Waals surface area (Å²) in [5.74, 6) is -1.19. The zero-order chi connectivity index (χ0) is 28.8. The van der Waals surface area contributed by atoms with E-state index in [0.717, 1.165) is 25.1 Å². The van der Waals surface area contributed by atoms with Crippen LogP contribution >= 0.6 is 0 Å². The molecule has 0 bridgehead atoms. The van der Waals surface area contributed by atoms with E-state index in [1.54, 1.807) is 26.1 Å². The van der Waals surface area contributed by atoms with E-state index in [1.807, 2.05) is 6.07 Å². The molecule has 1 aliphatic carbocycles. The minimum absolute atomic E-state index is 0.0514. The highest BCUT2D eigenvalue weighted by Crippen LogP contribution is 2.32. The topological polar surface area (TPSA) is 129 Å². The van der Waals surface area contributed by atoms with Gasteiger partial charge in [0, 0.05) is 24.7 Å². The number of carbonyl (C=O) groups is 2. The number of urea groups is 1. The predicted molar refractivity (Wildman–Crippen MR) is 141 cm³/mol. The van der Waals surface area contributed by atoms with Crippen molar-refractivity contribution in [3.8, 4) is 17.6 Å². The largest absolute Gasteiger partial charge is 0.483 e. The standard InChI is InChI=1S/C28H26F2N8O3/c1-15-26(27(39)34-20-3-4-20)16(2)37(35-15)25-10-24(22(30)12-32-25)41-21-13-36(14-21)28(40)38-23(5-6-33-38)18-7-17(11-31)8-19(29)9-18/h6-10,12,20-21,23H,3-5,13-14H2,1-2H3,(H,34,39)/t23-/m0/s1. The number of nitrogens with one attached hydrogen (secondary N) is 1. The Morgan fingerprint density at radius 3 is 2.66 bits per heavy atom. The van der Waals surface area contributed by atoms with Gasteiger partial charge in [-0.15, -0.1) is 0 Å². The third-order valence-corrected chi connectivity index (χ3v) is 7.33. The molecule has 3 aliphatic rings. The van der Waals surface area contributed by atoms with Crippen LogP contribution in [0.5, 0.6) is 5.75 Å². The molecule has 1 aromatic carbocycles. The molecule has 0 unspecified atom stereocenters. The zero-order valence-electron chi connectivity index (χ0n) is 22.3. The van der Waals surface area contributed by atoms with E-state index in [2.05, 4.69) is 20.5 Å². The van der Waals surface area contributed by atoms with Crippen LogP contribution in [-0.4, -0.2) is 68.1 Å². The molecule has 3 amide bonds. The van der Waals surface area contributed by atoms with Crippen molar-refractivity contribution in [1.82, 2.24) is 30.0 Å². The Kier molecular flexibility index (Phi) is 6.61. The van der Waals surface area contributed by atoms with E-state index in [1.165, 1.54) is 26.7 Å². The molecule has 2 aliphatic heterocycles. The van der Waals surface area contributed by atoms with Gasteiger partial charge in [-0.1, -0.05) is 0 Å². The fraction of sp³-hybridized carbons (Fsp3) is 0.357. The molecule has 2 fully saturated rings. The van der Waals surface area contributed by atoms with Crippen LogP contribution in [0.25, 0.3) is 5.82 Å². The molecule has 1 saturated carbocycles. The maximum atomic E-state index is 14.7. The number of ether oxygens (including phenoxy) is 1. The average molecular weight is 561 g/mol. The van der Waals surface area contributed by atoms with E-state index >= 15 is 0 Å². The number of pyridine rings is 1. The molecule has 6 rings (SSSR count). The number of halogens is 2. The van der Waals surface area contributed by atoms with Crippen molar-refractivity contribution in [2.24, 2.45) is 5.10 Å². The number of hydrazone groups is 1. The maximum absolute atomic E-state index is 14.7. The maximum Gasteiger partial charge on any atom is 0.341 e. The molecular weight excluding hydrogens is 534 g/mol. The molecule has 210 valence electrons. The fourth-order valence-electron chi connectivity index (χ4n) is 5.03. The number of aromatic nitrogens is 3. The number of hydrogen-bond acceptors (Lipinski definition) is 7. The second kappa shape index (κ2) is 10.3. The SMILES string of the molecule is Cc1nn(-c2cc(OC3CN(C(=O)N4N=CC[C@H]4c4cc(F)cc(C#N)c4)C3)c(F)cn2)c(C)c1C(=O)NC1CC1. The first-order valence-corrected chi connectivity index (χ1v) is 13.2. The first-order chi connectivity index (χ1) is 19.7. The number of amides is 3. The van der Waals surface area contributed by atoms with Crippen molar-refractivity contribution in [1.29, 1.82) is 5.26 Å². The molecule has 1 N–H and O–H groups in total. The van der Waals surface area contributed by atoms with Gasteiger partial charge in [0.1, 0.15) is 11.9 Å². The zero-order valence-corrected chi connectivity index (χ0v) is 22.3. The van der Waals surface area contributed by atoms with Crippen molar-refractivity contribution in [3.63, 3.8) is 0 Å². The molecule has 3 aromatic rings. The van der Waals surface area contributed by atoms with Gasteiger partial charge in [-0.05, 0) is 50.5 Å². The fourth-order valence-corrected chi connectivity index (χ4v) is 5.03. The van der Waals surface area contributed by atoms with Crippen LogP contribution in [0.1, 0.15) is 58.2 Å². The smallest absolute Gasteiger partial charge is 0.341 e. The number of aryl methyl sites for hydroxylation is 1. The second-order valence-corrected chi connectivity index (χ2v) is 10.4. The van der Waals surface area contributed by atoms with Crippen LogP contribution in [-0.2, 0) is 0 Å². The Morgan fingerprint density at radius 2 is 1.93 bits per heavy atom. The lowest BCUT2D eigenvalue weighted by Gasteiger charge is -2.41. The molecule has 13 heteroatoms. The highest BCUT2D eigenvalue weighted by molar-refractivity contribution is 5.96. The van der Waals surface area contributed by atoms with Crippen LogP contribution in [0.3, 0.4) is 0 Å². The van der Waals surface area contributed by atoms with Crippen molar-refractivity contribution in [2.75, 3.05) is 13.1 Å². The Balaban J connectivity index is 1.12. The van der Waals surface area contributed by atoms with Gasteiger partial charge in [0.05, 0.1) is 53.9 Å². The summed E-state index contributed by atoms with van der Waals surface area (Å²) in [6.45, 7) is 3.86. The van der Waals surface area contributed by atoms with Gasteiger partial charge in [0.15, 0.2) is 17.4 Å². The van der Waals surface area contributed by atoms with E-state index in [4.69, 9.17) is 10.00 Å². The Hall–Kier alpha value is -4.86. The van der Waals surface area contributed by atoms with Gasteiger partial charge in [-0.25, -0.2) is 28.3 Å². The average Bonchev–Trinajstić information content (AvgIpc) is 3.49. The number of likely N-dealkylation sites (tertiary alicyclic amines) is 1. The van der Waals surface area contributed by atoms with E-state index < -0.39 is 29.8 Å². The first kappa shape index (κ1) is 26.4. The normalized spacial score (nSPS) is 18.3. The predicted octanol–water partition coefficient (Wildman–Crippen LogP) is 3.54. The summed E-state index contributed by atoms with van der Waals surface area (Å²) in [6, 6.07) is 6.55. The van der Waals surface area contributed by atoms with E-state index in [-0.39, 0.29) is 36.4 Å².